The predicted molar refractivity (Wildman–Crippen MR) is 112 cm³/mol. The van der Waals surface area contributed by atoms with Crippen LogP contribution in [-0.2, 0) is 0 Å². The standard InChI is InChI=1S/C24H18FN3O2/c1-30-19-9-5-6-16(14-19)23-20-21(15-10-12-17(25)13-11-15)26-27-22(20)24(29)28(23)18-7-3-2-4-8-18/h2-14,23H,1H3,(H,26,27)/t23-/m1/s1. The molecule has 5 nitrogen and oxygen atoms in total. The number of hydrogen-bond acceptors (Lipinski definition) is 3. The molecule has 5 rings (SSSR count). The number of hydrogen-bond donors (Lipinski definition) is 1. The predicted octanol–water partition coefficient (Wildman–Crippen LogP) is 4.97. The number of ether oxygens (including phenoxy) is 1. The Balaban J connectivity index is 1.73. The van der Waals surface area contributed by atoms with Crippen molar-refractivity contribution in [1.82, 2.24) is 10.2 Å². The molecule has 1 amide bonds. The topological polar surface area (TPSA) is 58.2 Å². The molecular weight excluding hydrogens is 381 g/mol. The third kappa shape index (κ3) is 2.85. The highest BCUT2D eigenvalue weighted by Gasteiger charge is 2.43. The Morgan fingerprint density at radius 1 is 1.00 bits per heavy atom. The van der Waals surface area contributed by atoms with Gasteiger partial charge in [-0.2, -0.15) is 5.10 Å². The summed E-state index contributed by atoms with van der Waals surface area (Å²) in [5, 5.41) is 7.32. The van der Waals surface area contributed by atoms with Crippen molar-refractivity contribution in [3.8, 4) is 17.0 Å². The van der Waals surface area contributed by atoms with Crippen molar-refractivity contribution in [2.24, 2.45) is 0 Å². The second-order valence-electron chi connectivity index (χ2n) is 7.06. The molecule has 0 unspecified atom stereocenters. The maximum Gasteiger partial charge on any atom is 0.277 e. The van der Waals surface area contributed by atoms with Gasteiger partial charge in [-0.15, -0.1) is 0 Å². The van der Waals surface area contributed by atoms with Gasteiger partial charge < -0.3 is 4.74 Å². The first-order valence-corrected chi connectivity index (χ1v) is 9.54. The van der Waals surface area contributed by atoms with Crippen LogP contribution < -0.4 is 9.64 Å². The summed E-state index contributed by atoms with van der Waals surface area (Å²) in [6, 6.07) is 22.9. The summed E-state index contributed by atoms with van der Waals surface area (Å²) in [5.74, 6) is 0.218. The van der Waals surface area contributed by atoms with Crippen molar-refractivity contribution in [3.63, 3.8) is 0 Å². The van der Waals surface area contributed by atoms with E-state index in [-0.39, 0.29) is 11.7 Å². The lowest BCUT2D eigenvalue weighted by atomic mass is 9.95. The van der Waals surface area contributed by atoms with Crippen LogP contribution >= 0.6 is 0 Å². The summed E-state index contributed by atoms with van der Waals surface area (Å²) >= 11 is 0. The van der Waals surface area contributed by atoms with E-state index >= 15 is 0 Å². The molecule has 1 N–H and O–H groups in total. The molecule has 6 heteroatoms. The van der Waals surface area contributed by atoms with E-state index in [9.17, 15) is 9.18 Å². The van der Waals surface area contributed by atoms with Crippen molar-refractivity contribution >= 4 is 11.6 Å². The van der Waals surface area contributed by atoms with Gasteiger partial charge in [0.15, 0.2) is 0 Å². The average molecular weight is 399 g/mol. The van der Waals surface area contributed by atoms with E-state index in [1.807, 2.05) is 54.6 Å². The van der Waals surface area contributed by atoms with Gasteiger partial charge in [-0.3, -0.25) is 14.8 Å². The zero-order valence-corrected chi connectivity index (χ0v) is 16.2. The molecule has 0 radical (unpaired) electrons. The molecule has 1 atom stereocenters. The number of aromatic amines is 1. The largest absolute Gasteiger partial charge is 0.497 e. The van der Waals surface area contributed by atoms with Crippen molar-refractivity contribution in [3.05, 3.63) is 102 Å². The SMILES string of the molecule is COc1cccc([C@@H]2c3c(-c4ccc(F)cc4)n[nH]c3C(=O)N2c2ccccc2)c1. The van der Waals surface area contributed by atoms with Gasteiger partial charge in [0.1, 0.15) is 17.3 Å². The number of benzene rings is 3. The number of nitrogens with one attached hydrogen (secondary N) is 1. The van der Waals surface area contributed by atoms with E-state index in [1.54, 1.807) is 24.1 Å². The van der Waals surface area contributed by atoms with Crippen LogP contribution in [0.4, 0.5) is 10.1 Å². The monoisotopic (exact) mass is 399 g/mol. The lowest BCUT2D eigenvalue weighted by Gasteiger charge is -2.26. The first kappa shape index (κ1) is 18.1. The number of aromatic nitrogens is 2. The molecule has 4 aromatic rings. The molecule has 0 saturated carbocycles. The number of halogens is 1. The molecule has 30 heavy (non-hydrogen) atoms. The van der Waals surface area contributed by atoms with Crippen LogP contribution in [0, 0.1) is 5.82 Å². The van der Waals surface area contributed by atoms with Crippen molar-refractivity contribution in [1.29, 1.82) is 0 Å². The number of H-pyrrole nitrogens is 1. The maximum absolute atomic E-state index is 13.5. The van der Waals surface area contributed by atoms with E-state index < -0.39 is 6.04 Å². The minimum absolute atomic E-state index is 0.162. The van der Waals surface area contributed by atoms with Gasteiger partial charge >= 0.3 is 0 Å². The highest BCUT2D eigenvalue weighted by molar-refractivity contribution is 6.11. The Kier molecular flexibility index (Phi) is 4.32. The number of anilines is 1. The average Bonchev–Trinajstić information content (AvgIpc) is 3.34. The van der Waals surface area contributed by atoms with Crippen LogP contribution in [0.25, 0.3) is 11.3 Å². The summed E-state index contributed by atoms with van der Waals surface area (Å²) in [6.45, 7) is 0. The fraction of sp³-hybridized carbons (Fsp3) is 0.0833. The number of carbonyl (C=O) groups excluding carboxylic acids is 1. The second-order valence-corrected chi connectivity index (χ2v) is 7.06. The fourth-order valence-corrected chi connectivity index (χ4v) is 3.96. The molecule has 0 spiro atoms. The molecule has 148 valence electrons. The summed E-state index contributed by atoms with van der Waals surface area (Å²) < 4.78 is 18.9. The Morgan fingerprint density at radius 2 is 1.77 bits per heavy atom. The molecule has 0 bridgehead atoms. The Morgan fingerprint density at radius 3 is 2.50 bits per heavy atom. The molecule has 1 aliphatic rings. The summed E-state index contributed by atoms with van der Waals surface area (Å²) in [6.07, 6.45) is 0. The minimum Gasteiger partial charge on any atom is -0.497 e. The Labute approximate surface area is 172 Å². The first-order chi connectivity index (χ1) is 14.7. The molecule has 2 heterocycles. The number of para-hydroxylation sites is 1. The lowest BCUT2D eigenvalue weighted by Crippen LogP contribution is -2.29. The van der Waals surface area contributed by atoms with Crippen molar-refractivity contribution in [2.45, 2.75) is 6.04 Å². The Hall–Kier alpha value is -3.93. The zero-order chi connectivity index (χ0) is 20.7. The maximum atomic E-state index is 13.5. The number of nitrogens with zero attached hydrogens (tertiary/aromatic N) is 2. The second kappa shape index (κ2) is 7.15. The van der Waals surface area contributed by atoms with Gasteiger partial charge in [-0.05, 0) is 54.1 Å². The van der Waals surface area contributed by atoms with Crippen molar-refractivity contribution in [2.75, 3.05) is 12.0 Å². The fourth-order valence-electron chi connectivity index (χ4n) is 3.96. The van der Waals surface area contributed by atoms with E-state index in [1.165, 1.54) is 12.1 Å². The van der Waals surface area contributed by atoms with Crippen LogP contribution in [0.5, 0.6) is 5.75 Å². The third-order valence-electron chi connectivity index (χ3n) is 5.33. The van der Waals surface area contributed by atoms with Crippen LogP contribution in [0.1, 0.15) is 27.7 Å². The van der Waals surface area contributed by atoms with Gasteiger partial charge in [0.2, 0.25) is 0 Å². The molecule has 1 aliphatic heterocycles. The van der Waals surface area contributed by atoms with E-state index in [0.29, 0.717) is 17.1 Å². The number of carbonyl (C=O) groups is 1. The quantitative estimate of drug-likeness (QED) is 0.527. The third-order valence-corrected chi connectivity index (χ3v) is 5.33. The van der Waals surface area contributed by atoms with Crippen LogP contribution in [-0.4, -0.2) is 23.2 Å². The molecule has 0 fully saturated rings. The van der Waals surface area contributed by atoms with Gasteiger partial charge in [0.25, 0.3) is 5.91 Å². The van der Waals surface area contributed by atoms with Crippen LogP contribution in [0.15, 0.2) is 78.9 Å². The van der Waals surface area contributed by atoms with Crippen molar-refractivity contribution < 1.29 is 13.9 Å². The highest BCUT2D eigenvalue weighted by atomic mass is 19.1. The molecule has 3 aromatic carbocycles. The minimum atomic E-state index is -0.399. The number of amides is 1. The first-order valence-electron chi connectivity index (χ1n) is 9.54. The van der Waals surface area contributed by atoms with E-state index in [0.717, 1.165) is 22.4 Å². The summed E-state index contributed by atoms with van der Waals surface area (Å²) in [4.78, 5) is 15.2. The molecule has 0 saturated heterocycles. The Bertz CT molecular complexity index is 1220. The summed E-state index contributed by atoms with van der Waals surface area (Å²) in [7, 11) is 1.61. The zero-order valence-electron chi connectivity index (χ0n) is 16.2. The number of methoxy groups -OCH3 is 1. The lowest BCUT2D eigenvalue weighted by molar-refractivity contribution is 0.0988. The number of rotatable bonds is 4. The highest BCUT2D eigenvalue weighted by Crippen LogP contribution is 2.45. The van der Waals surface area contributed by atoms with Gasteiger partial charge in [0, 0.05) is 16.8 Å². The summed E-state index contributed by atoms with van der Waals surface area (Å²) in [5.41, 5.74) is 4.25. The van der Waals surface area contributed by atoms with Crippen LogP contribution in [0.2, 0.25) is 0 Å². The number of fused-ring (bicyclic) bond motifs is 1. The molecular formula is C24H18FN3O2. The smallest absolute Gasteiger partial charge is 0.277 e. The van der Waals surface area contributed by atoms with E-state index in [2.05, 4.69) is 10.2 Å². The normalized spacial score (nSPS) is 15.3. The van der Waals surface area contributed by atoms with E-state index in [4.69, 9.17) is 4.74 Å². The van der Waals surface area contributed by atoms with Gasteiger partial charge in [-0.1, -0.05) is 30.3 Å². The van der Waals surface area contributed by atoms with Crippen LogP contribution in [0.3, 0.4) is 0 Å². The molecule has 1 aromatic heterocycles. The molecule has 0 aliphatic carbocycles. The van der Waals surface area contributed by atoms with Gasteiger partial charge in [0.05, 0.1) is 18.8 Å². The van der Waals surface area contributed by atoms with Gasteiger partial charge in [-0.25, -0.2) is 4.39 Å².